The maximum Gasteiger partial charge on any atom is 0.0220 e. The summed E-state index contributed by atoms with van der Waals surface area (Å²) in [6.45, 7) is 2.42. The molecule has 0 N–H and O–H groups in total. The molecule has 0 fully saturated rings. The van der Waals surface area contributed by atoms with E-state index in [1.54, 1.807) is 0 Å². The van der Waals surface area contributed by atoms with E-state index in [2.05, 4.69) is 6.55 Å². The molecule has 0 aliphatic rings. The van der Waals surface area contributed by atoms with Gasteiger partial charge in [0.2, 0.25) is 0 Å². The van der Waals surface area contributed by atoms with Crippen LogP contribution in [0.2, 0.25) is 12.6 Å². The van der Waals surface area contributed by atoms with Gasteiger partial charge in [0.25, 0.3) is 0 Å². The van der Waals surface area contributed by atoms with Gasteiger partial charge < -0.3 is 0 Å². The molecule has 0 bridgehead atoms. The van der Waals surface area contributed by atoms with Crippen LogP contribution in [0.25, 0.3) is 0 Å². The van der Waals surface area contributed by atoms with Crippen molar-refractivity contribution in [3.8, 4) is 0 Å². The molecular weight excluding hydrogens is 140 g/mol. The van der Waals surface area contributed by atoms with Crippen molar-refractivity contribution >= 4 is 29.7 Å². The predicted molar refractivity (Wildman–Crippen MR) is 43.1 cm³/mol. The summed E-state index contributed by atoms with van der Waals surface area (Å²) in [5.41, 5.74) is 0. The number of rotatable bonds is 3. The van der Waals surface area contributed by atoms with E-state index >= 15 is 0 Å². The van der Waals surface area contributed by atoms with Crippen molar-refractivity contribution in [2.24, 2.45) is 0 Å². The van der Waals surface area contributed by atoms with Gasteiger partial charge in [0.15, 0.2) is 0 Å². The summed E-state index contributed by atoms with van der Waals surface area (Å²) in [6.07, 6.45) is 1.26. The molecule has 0 aromatic carbocycles. The van der Waals surface area contributed by atoms with Gasteiger partial charge in [-0.2, -0.15) is 0 Å². The summed E-state index contributed by atoms with van der Waals surface area (Å²) in [6, 6.07) is 1.47. The van der Waals surface area contributed by atoms with Gasteiger partial charge in [0.05, 0.1) is 0 Å². The third kappa shape index (κ3) is 6.72. The van der Waals surface area contributed by atoms with Gasteiger partial charge in [-0.15, -0.1) is 11.6 Å². The highest BCUT2D eigenvalue weighted by molar-refractivity contribution is 7.02. The monoisotopic (exact) mass is 152 g/mol. The number of hydrogen-bond acceptors (Lipinski definition) is 0. The largest absolute Gasteiger partial charge is 0.127 e. The van der Waals surface area contributed by atoms with Crippen LogP contribution >= 0.6 is 11.6 Å². The van der Waals surface area contributed by atoms with Crippen LogP contribution < -0.4 is 0 Å². The van der Waals surface area contributed by atoms with Gasteiger partial charge >= 0.3 is 0 Å². The van der Waals surface area contributed by atoms with Crippen molar-refractivity contribution in [1.82, 2.24) is 0 Å². The Morgan fingerprint density at radius 2 is 2.29 bits per heavy atom. The molecule has 1 atom stereocenters. The molecule has 44 valence electrons. The lowest BCUT2D eigenvalue weighted by molar-refractivity contribution is 1.08. The van der Waals surface area contributed by atoms with E-state index in [9.17, 15) is 0 Å². The van der Waals surface area contributed by atoms with Gasteiger partial charge in [-0.25, -0.2) is 0 Å². The Morgan fingerprint density at radius 1 is 1.71 bits per heavy atom. The molecule has 0 heterocycles. The Bertz CT molecular complexity index is 38.7. The van der Waals surface area contributed by atoms with Gasteiger partial charge in [-0.05, 0) is 16.2 Å². The molecule has 0 aliphatic heterocycles. The Morgan fingerprint density at radius 3 is 2.43 bits per heavy atom. The summed E-state index contributed by atoms with van der Waals surface area (Å²) in [7, 11) is 1.33. The minimum atomic E-state index is -0.134. The van der Waals surface area contributed by atoms with E-state index in [1.807, 2.05) is 0 Å². The highest BCUT2D eigenvalue weighted by Gasteiger charge is 1.91. The summed E-state index contributed by atoms with van der Waals surface area (Å²) < 4.78 is 0. The van der Waals surface area contributed by atoms with Crippen molar-refractivity contribution in [3.63, 3.8) is 0 Å². The number of alkyl halides is 1. The van der Waals surface area contributed by atoms with Crippen LogP contribution in [-0.2, 0) is 0 Å². The second-order valence-corrected chi connectivity index (χ2v) is 11.9. The summed E-state index contributed by atoms with van der Waals surface area (Å²) in [4.78, 5) is 0. The molecule has 0 aromatic rings. The third-order valence-electron chi connectivity index (χ3n) is 0.915. The molecule has 0 aromatic heterocycles. The fourth-order valence-electron chi connectivity index (χ4n) is 0.485. The average Bonchev–Trinajstić information content (AvgIpc) is 1.61. The standard InChI is InChI=1S/C4H13ClSi2/c1-7(6)4-2-3-5/h7H,2-4H2,1,6H3. The van der Waals surface area contributed by atoms with Gasteiger partial charge in [-0.1, -0.05) is 12.6 Å². The van der Waals surface area contributed by atoms with Crippen LogP contribution in [0.3, 0.4) is 0 Å². The predicted octanol–water partition coefficient (Wildman–Crippen LogP) is 0.334. The second-order valence-electron chi connectivity index (χ2n) is 2.23. The van der Waals surface area contributed by atoms with Crippen molar-refractivity contribution in [2.45, 2.75) is 19.0 Å². The molecule has 0 saturated carbocycles. The molecule has 0 radical (unpaired) electrons. The lowest BCUT2D eigenvalue weighted by Gasteiger charge is -1.96. The molecule has 0 rings (SSSR count). The minimum absolute atomic E-state index is 0.134. The fourth-order valence-corrected chi connectivity index (χ4v) is 3.14. The van der Waals surface area contributed by atoms with Gasteiger partial charge in [0.1, 0.15) is 0 Å². The Balaban J connectivity index is 2.68. The molecule has 3 heteroatoms. The molecule has 0 nitrogen and oxygen atoms in total. The van der Waals surface area contributed by atoms with E-state index in [-0.39, 0.29) is 8.31 Å². The highest BCUT2D eigenvalue weighted by Crippen LogP contribution is 1.94. The normalized spacial score (nSPS) is 14.6. The van der Waals surface area contributed by atoms with E-state index in [0.717, 1.165) is 5.88 Å². The highest BCUT2D eigenvalue weighted by atomic mass is 35.5. The Hall–Kier alpha value is 0.724. The quantitative estimate of drug-likeness (QED) is 0.404. The van der Waals surface area contributed by atoms with Crippen molar-refractivity contribution in [1.29, 1.82) is 0 Å². The fraction of sp³-hybridized carbons (Fsp3) is 1.00. The lowest BCUT2D eigenvalue weighted by Crippen LogP contribution is -2.05. The molecule has 0 saturated heterocycles. The van der Waals surface area contributed by atoms with E-state index in [4.69, 9.17) is 11.6 Å². The SMILES string of the molecule is C[SiH]([SiH3])CCCCl. The molecule has 0 aliphatic carbocycles. The minimum Gasteiger partial charge on any atom is -0.127 e. The zero-order valence-corrected chi connectivity index (χ0v) is 8.99. The number of hydrogen-bond donors (Lipinski definition) is 0. The zero-order chi connectivity index (χ0) is 5.70. The van der Waals surface area contributed by atoms with Crippen molar-refractivity contribution in [3.05, 3.63) is 0 Å². The molecule has 0 spiro atoms. The van der Waals surface area contributed by atoms with Crippen LogP contribution in [-0.4, -0.2) is 24.0 Å². The van der Waals surface area contributed by atoms with Gasteiger partial charge in [0, 0.05) is 14.2 Å². The molecule has 7 heavy (non-hydrogen) atoms. The first-order valence-electron chi connectivity index (χ1n) is 2.83. The number of halogens is 1. The molecule has 1 unspecified atom stereocenters. The summed E-state index contributed by atoms with van der Waals surface area (Å²) >= 11 is 5.48. The van der Waals surface area contributed by atoms with Crippen LogP contribution in [0.4, 0.5) is 0 Å². The van der Waals surface area contributed by atoms with Crippen LogP contribution in [0, 0.1) is 0 Å². The lowest BCUT2D eigenvalue weighted by atomic mass is 10.6. The van der Waals surface area contributed by atoms with Crippen molar-refractivity contribution < 1.29 is 0 Å². The van der Waals surface area contributed by atoms with Crippen molar-refractivity contribution in [2.75, 3.05) is 5.88 Å². The van der Waals surface area contributed by atoms with Crippen LogP contribution in [0.15, 0.2) is 0 Å². The second kappa shape index (κ2) is 4.87. The first-order valence-corrected chi connectivity index (χ1v) is 9.95. The Kier molecular flexibility index (Phi) is 5.38. The maximum absolute atomic E-state index is 5.48. The third-order valence-corrected chi connectivity index (χ3v) is 4.48. The van der Waals surface area contributed by atoms with E-state index < -0.39 is 0 Å². The van der Waals surface area contributed by atoms with Crippen LogP contribution in [0.5, 0.6) is 0 Å². The molecule has 0 amide bonds. The maximum atomic E-state index is 5.48. The smallest absolute Gasteiger partial charge is 0.0220 e. The Labute approximate surface area is 55.1 Å². The van der Waals surface area contributed by atoms with E-state index in [0.29, 0.717) is 0 Å². The zero-order valence-electron chi connectivity index (χ0n) is 5.08. The first-order chi connectivity index (χ1) is 3.27. The first kappa shape index (κ1) is 7.72. The van der Waals surface area contributed by atoms with Gasteiger partial charge in [-0.3, -0.25) is 0 Å². The average molecular weight is 153 g/mol. The summed E-state index contributed by atoms with van der Waals surface area (Å²) in [5.74, 6) is 0.875. The molecular formula is C4H13ClSi2. The summed E-state index contributed by atoms with van der Waals surface area (Å²) in [5, 5.41) is 0. The topological polar surface area (TPSA) is 0 Å². The van der Waals surface area contributed by atoms with Crippen LogP contribution in [0.1, 0.15) is 6.42 Å². The van der Waals surface area contributed by atoms with E-state index in [1.165, 1.54) is 22.2 Å².